The molecule has 5 heteroatoms. The number of hydrogen-bond donors (Lipinski definition) is 2. The maximum atomic E-state index is 11.7. The Labute approximate surface area is 99.8 Å². The summed E-state index contributed by atoms with van der Waals surface area (Å²) in [5.74, 6) is 0.447. The van der Waals surface area contributed by atoms with Crippen molar-refractivity contribution in [1.82, 2.24) is 4.98 Å². The Kier molecular flexibility index (Phi) is 3.58. The normalized spacial score (nSPS) is 16.5. The van der Waals surface area contributed by atoms with Crippen LogP contribution >= 0.6 is 0 Å². The maximum Gasteiger partial charge on any atom is 0.254 e. The van der Waals surface area contributed by atoms with Crippen LogP contribution in [0.15, 0.2) is 18.3 Å². The van der Waals surface area contributed by atoms with Gasteiger partial charge in [0.2, 0.25) is 0 Å². The molecule has 0 saturated heterocycles. The van der Waals surface area contributed by atoms with E-state index in [1.54, 1.807) is 13.0 Å². The van der Waals surface area contributed by atoms with Crippen LogP contribution in [-0.2, 0) is 9.53 Å². The predicted molar refractivity (Wildman–Crippen MR) is 62.7 cm³/mol. The van der Waals surface area contributed by atoms with Crippen molar-refractivity contribution in [3.63, 3.8) is 0 Å². The lowest BCUT2D eigenvalue weighted by atomic mass is 10.3. The quantitative estimate of drug-likeness (QED) is 0.813. The molecule has 1 saturated carbocycles. The molecule has 0 bridgehead atoms. The van der Waals surface area contributed by atoms with Gasteiger partial charge in [-0.2, -0.15) is 0 Å². The van der Waals surface area contributed by atoms with Gasteiger partial charge in [0.1, 0.15) is 6.10 Å². The number of aromatic hydroxyl groups is 1. The van der Waals surface area contributed by atoms with Gasteiger partial charge in [-0.3, -0.25) is 4.79 Å². The van der Waals surface area contributed by atoms with E-state index in [-0.39, 0.29) is 17.5 Å². The van der Waals surface area contributed by atoms with Crippen molar-refractivity contribution in [1.29, 1.82) is 0 Å². The van der Waals surface area contributed by atoms with Crippen LogP contribution in [0.5, 0.6) is 5.75 Å². The molecule has 0 aromatic carbocycles. The van der Waals surface area contributed by atoms with Crippen LogP contribution in [-0.4, -0.2) is 28.7 Å². The van der Waals surface area contributed by atoms with E-state index in [2.05, 4.69) is 10.3 Å². The van der Waals surface area contributed by atoms with Gasteiger partial charge < -0.3 is 15.2 Å². The fourth-order valence-corrected chi connectivity index (χ4v) is 1.35. The molecule has 0 aliphatic heterocycles. The van der Waals surface area contributed by atoms with Crippen molar-refractivity contribution < 1.29 is 14.6 Å². The molecule has 1 atom stereocenters. The van der Waals surface area contributed by atoms with Crippen LogP contribution < -0.4 is 5.32 Å². The molecule has 1 heterocycles. The number of rotatable bonds is 5. The van der Waals surface area contributed by atoms with Gasteiger partial charge in [0.15, 0.2) is 11.6 Å². The van der Waals surface area contributed by atoms with E-state index < -0.39 is 6.10 Å². The molecule has 1 aliphatic carbocycles. The maximum absolute atomic E-state index is 11.7. The Morgan fingerprint density at radius 3 is 3.12 bits per heavy atom. The van der Waals surface area contributed by atoms with Crippen LogP contribution in [0.4, 0.5) is 5.82 Å². The first-order chi connectivity index (χ1) is 8.16. The molecule has 0 spiro atoms. The number of carbonyl (C=O) groups excluding carboxylic acids is 1. The summed E-state index contributed by atoms with van der Waals surface area (Å²) in [6, 6.07) is 3.07. The van der Waals surface area contributed by atoms with Gasteiger partial charge in [0, 0.05) is 6.20 Å². The molecule has 1 fully saturated rings. The first-order valence-electron chi connectivity index (χ1n) is 5.73. The number of ether oxygens (including phenoxy) is 1. The average molecular weight is 236 g/mol. The number of amides is 1. The molecule has 17 heavy (non-hydrogen) atoms. The molecule has 1 aliphatic rings. The predicted octanol–water partition coefficient (Wildman–Crippen LogP) is 1.54. The van der Waals surface area contributed by atoms with Crippen LogP contribution in [0.3, 0.4) is 0 Å². The Bertz CT molecular complexity index is 404. The number of pyridine rings is 1. The summed E-state index contributed by atoms with van der Waals surface area (Å²) in [5, 5.41) is 12.0. The largest absolute Gasteiger partial charge is 0.504 e. The number of nitrogens with one attached hydrogen (secondary N) is 1. The molecule has 5 nitrogen and oxygen atoms in total. The minimum absolute atomic E-state index is 0.0461. The molecule has 1 aromatic rings. The number of nitrogens with zero attached hydrogens (tertiary/aromatic N) is 1. The first kappa shape index (κ1) is 11.9. The van der Waals surface area contributed by atoms with Crippen LogP contribution in [0.1, 0.15) is 19.8 Å². The van der Waals surface area contributed by atoms with Crippen molar-refractivity contribution >= 4 is 11.7 Å². The van der Waals surface area contributed by atoms with Crippen molar-refractivity contribution in [2.45, 2.75) is 25.9 Å². The fraction of sp³-hybridized carbons (Fsp3) is 0.500. The van der Waals surface area contributed by atoms with Crippen molar-refractivity contribution in [2.24, 2.45) is 5.92 Å². The summed E-state index contributed by atoms with van der Waals surface area (Å²) in [7, 11) is 0. The molecule has 1 amide bonds. The van der Waals surface area contributed by atoms with Crippen LogP contribution in [0.2, 0.25) is 0 Å². The summed E-state index contributed by atoms with van der Waals surface area (Å²) in [5.41, 5.74) is 0. The molecule has 92 valence electrons. The minimum atomic E-state index is -0.531. The van der Waals surface area contributed by atoms with Crippen LogP contribution in [0.25, 0.3) is 0 Å². The van der Waals surface area contributed by atoms with E-state index in [0.29, 0.717) is 12.5 Å². The molecule has 2 rings (SSSR count). The zero-order valence-corrected chi connectivity index (χ0v) is 9.72. The Morgan fingerprint density at radius 1 is 1.71 bits per heavy atom. The lowest BCUT2D eigenvalue weighted by molar-refractivity contribution is -0.126. The summed E-state index contributed by atoms with van der Waals surface area (Å²) in [6.45, 7) is 2.32. The van der Waals surface area contributed by atoms with E-state index >= 15 is 0 Å². The summed E-state index contributed by atoms with van der Waals surface area (Å²) in [6.07, 6.45) is 3.35. The van der Waals surface area contributed by atoms with Gasteiger partial charge in [0.05, 0.1) is 6.61 Å². The van der Waals surface area contributed by atoms with Gasteiger partial charge in [-0.1, -0.05) is 0 Å². The van der Waals surface area contributed by atoms with Gasteiger partial charge in [-0.25, -0.2) is 4.98 Å². The lowest BCUT2D eigenvalue weighted by Gasteiger charge is -2.13. The van der Waals surface area contributed by atoms with Gasteiger partial charge >= 0.3 is 0 Å². The second-order valence-electron chi connectivity index (χ2n) is 4.28. The average Bonchev–Trinajstić information content (AvgIpc) is 3.13. The van der Waals surface area contributed by atoms with E-state index in [0.717, 1.165) is 0 Å². The molecule has 1 aromatic heterocycles. The third-order valence-corrected chi connectivity index (χ3v) is 2.68. The second-order valence-corrected chi connectivity index (χ2v) is 4.28. The fourth-order valence-electron chi connectivity index (χ4n) is 1.35. The van der Waals surface area contributed by atoms with Gasteiger partial charge in [-0.05, 0) is 37.8 Å². The highest BCUT2D eigenvalue weighted by Gasteiger charge is 2.24. The topological polar surface area (TPSA) is 71.5 Å². The standard InChI is InChI=1S/C12H16N2O3/c1-8(17-7-9-4-5-9)12(16)14-11-10(15)3-2-6-13-11/h2-3,6,8-9,15H,4-5,7H2,1H3,(H,13,14,16). The summed E-state index contributed by atoms with van der Waals surface area (Å²) < 4.78 is 5.42. The molecule has 2 N–H and O–H groups in total. The van der Waals surface area contributed by atoms with Crippen molar-refractivity contribution in [2.75, 3.05) is 11.9 Å². The zero-order chi connectivity index (χ0) is 12.3. The molecule has 1 unspecified atom stereocenters. The highest BCUT2D eigenvalue weighted by Crippen LogP contribution is 2.29. The van der Waals surface area contributed by atoms with Crippen molar-refractivity contribution in [3.8, 4) is 5.75 Å². The highest BCUT2D eigenvalue weighted by molar-refractivity contribution is 5.94. The SMILES string of the molecule is CC(OCC1CC1)C(=O)Nc1ncccc1O. The van der Waals surface area contributed by atoms with Gasteiger partial charge in [-0.15, -0.1) is 0 Å². The molecular formula is C12H16N2O3. The number of aromatic nitrogens is 1. The second kappa shape index (κ2) is 5.14. The Hall–Kier alpha value is -1.62. The zero-order valence-electron chi connectivity index (χ0n) is 9.72. The van der Waals surface area contributed by atoms with Gasteiger partial charge in [0.25, 0.3) is 5.91 Å². The smallest absolute Gasteiger partial charge is 0.254 e. The first-order valence-corrected chi connectivity index (χ1v) is 5.73. The Balaban J connectivity index is 1.84. The van der Waals surface area contributed by atoms with E-state index in [1.807, 2.05) is 0 Å². The highest BCUT2D eigenvalue weighted by atomic mass is 16.5. The van der Waals surface area contributed by atoms with Crippen LogP contribution in [0, 0.1) is 5.92 Å². The summed E-state index contributed by atoms with van der Waals surface area (Å²) >= 11 is 0. The molecule has 0 radical (unpaired) electrons. The number of anilines is 1. The van der Waals surface area contributed by atoms with E-state index in [9.17, 15) is 9.90 Å². The number of hydrogen-bond acceptors (Lipinski definition) is 4. The lowest BCUT2D eigenvalue weighted by Crippen LogP contribution is -2.28. The third kappa shape index (κ3) is 3.42. The third-order valence-electron chi connectivity index (χ3n) is 2.68. The molecular weight excluding hydrogens is 220 g/mol. The summed E-state index contributed by atoms with van der Waals surface area (Å²) in [4.78, 5) is 15.6. The van der Waals surface area contributed by atoms with E-state index in [1.165, 1.54) is 25.1 Å². The Morgan fingerprint density at radius 2 is 2.47 bits per heavy atom. The van der Waals surface area contributed by atoms with E-state index in [4.69, 9.17) is 4.74 Å². The van der Waals surface area contributed by atoms with Crippen molar-refractivity contribution in [3.05, 3.63) is 18.3 Å². The monoisotopic (exact) mass is 236 g/mol. The minimum Gasteiger partial charge on any atom is -0.504 e. The number of carbonyl (C=O) groups is 1.